The van der Waals surface area contributed by atoms with Crippen LogP contribution in [-0.4, -0.2) is 43.8 Å². The summed E-state index contributed by atoms with van der Waals surface area (Å²) in [6.07, 6.45) is 3.34. The van der Waals surface area contributed by atoms with E-state index >= 15 is 0 Å². The third-order valence-corrected chi connectivity index (χ3v) is 4.38. The Kier molecular flexibility index (Phi) is 5.30. The van der Waals surface area contributed by atoms with Crippen molar-refractivity contribution in [2.24, 2.45) is 0 Å². The fraction of sp³-hybridized carbons (Fsp3) is 0.529. The predicted octanol–water partition coefficient (Wildman–Crippen LogP) is 1.80. The first-order valence-electron chi connectivity index (χ1n) is 8.36. The standard InChI is InChI=1S/C17H22FN3O3/c18-12-4-1-5-13(10-12)21-8-2-7-15(16(21)22)20-17(23)19-11-14-6-3-9-24-14/h1,4-5,10,14-15H,2-3,6-9,11H2,(H2,19,20,23)/t14-,15-/m1/s1. The number of halogens is 1. The Morgan fingerprint density at radius 3 is 2.96 bits per heavy atom. The summed E-state index contributed by atoms with van der Waals surface area (Å²) in [6, 6.07) is 4.98. The van der Waals surface area contributed by atoms with E-state index < -0.39 is 6.04 Å². The van der Waals surface area contributed by atoms with E-state index in [4.69, 9.17) is 4.74 Å². The van der Waals surface area contributed by atoms with Gasteiger partial charge in [0.1, 0.15) is 11.9 Å². The van der Waals surface area contributed by atoms with Crippen LogP contribution < -0.4 is 15.5 Å². The van der Waals surface area contributed by atoms with Gasteiger partial charge in [-0.05, 0) is 43.9 Å². The fourth-order valence-corrected chi connectivity index (χ4v) is 3.13. The van der Waals surface area contributed by atoms with Gasteiger partial charge in [-0.25, -0.2) is 9.18 Å². The van der Waals surface area contributed by atoms with Crippen molar-refractivity contribution in [2.45, 2.75) is 37.8 Å². The third-order valence-electron chi connectivity index (χ3n) is 4.38. The molecule has 2 aliphatic rings. The van der Waals surface area contributed by atoms with Crippen LogP contribution in [-0.2, 0) is 9.53 Å². The quantitative estimate of drug-likeness (QED) is 0.881. The van der Waals surface area contributed by atoms with Gasteiger partial charge in [0.25, 0.3) is 0 Å². The van der Waals surface area contributed by atoms with E-state index in [0.29, 0.717) is 25.2 Å². The number of ether oxygens (including phenoxy) is 1. The second-order valence-electron chi connectivity index (χ2n) is 6.15. The van der Waals surface area contributed by atoms with Gasteiger partial charge in [0, 0.05) is 25.4 Å². The topological polar surface area (TPSA) is 70.7 Å². The summed E-state index contributed by atoms with van der Waals surface area (Å²) >= 11 is 0. The van der Waals surface area contributed by atoms with Crippen molar-refractivity contribution in [2.75, 3.05) is 24.6 Å². The predicted molar refractivity (Wildman–Crippen MR) is 87.3 cm³/mol. The molecule has 0 aromatic heterocycles. The van der Waals surface area contributed by atoms with E-state index in [1.54, 1.807) is 12.1 Å². The van der Waals surface area contributed by atoms with Crippen molar-refractivity contribution in [3.63, 3.8) is 0 Å². The number of urea groups is 1. The maximum Gasteiger partial charge on any atom is 0.315 e. The molecule has 24 heavy (non-hydrogen) atoms. The zero-order chi connectivity index (χ0) is 16.9. The molecule has 0 aliphatic carbocycles. The molecule has 0 radical (unpaired) electrons. The van der Waals surface area contributed by atoms with Crippen LogP contribution in [0, 0.1) is 5.82 Å². The molecule has 7 heteroatoms. The average Bonchev–Trinajstić information content (AvgIpc) is 3.08. The highest BCUT2D eigenvalue weighted by Gasteiger charge is 2.31. The molecule has 1 aromatic carbocycles. The maximum atomic E-state index is 13.4. The Labute approximate surface area is 140 Å². The zero-order valence-electron chi connectivity index (χ0n) is 13.5. The molecule has 2 N–H and O–H groups in total. The molecule has 6 nitrogen and oxygen atoms in total. The van der Waals surface area contributed by atoms with Crippen LogP contribution in [0.5, 0.6) is 0 Å². The maximum absolute atomic E-state index is 13.4. The Balaban J connectivity index is 1.55. The first-order chi connectivity index (χ1) is 11.6. The number of hydrogen-bond acceptors (Lipinski definition) is 3. The Morgan fingerprint density at radius 1 is 1.33 bits per heavy atom. The third kappa shape index (κ3) is 4.03. The van der Waals surface area contributed by atoms with Crippen LogP contribution in [0.3, 0.4) is 0 Å². The van der Waals surface area contributed by atoms with Gasteiger partial charge in [-0.1, -0.05) is 6.07 Å². The van der Waals surface area contributed by atoms with Gasteiger partial charge in [-0.15, -0.1) is 0 Å². The first-order valence-corrected chi connectivity index (χ1v) is 8.36. The van der Waals surface area contributed by atoms with Crippen molar-refractivity contribution >= 4 is 17.6 Å². The van der Waals surface area contributed by atoms with Gasteiger partial charge in [-0.2, -0.15) is 0 Å². The number of benzene rings is 1. The molecule has 0 saturated carbocycles. The molecule has 2 heterocycles. The molecule has 0 spiro atoms. The summed E-state index contributed by atoms with van der Waals surface area (Å²) in [7, 11) is 0. The lowest BCUT2D eigenvalue weighted by Gasteiger charge is -2.32. The lowest BCUT2D eigenvalue weighted by molar-refractivity contribution is -0.121. The van der Waals surface area contributed by atoms with E-state index in [-0.39, 0.29) is 23.9 Å². The molecule has 2 saturated heterocycles. The minimum Gasteiger partial charge on any atom is -0.376 e. The van der Waals surface area contributed by atoms with Crippen LogP contribution >= 0.6 is 0 Å². The van der Waals surface area contributed by atoms with Crippen LogP contribution in [0.1, 0.15) is 25.7 Å². The van der Waals surface area contributed by atoms with Crippen molar-refractivity contribution in [1.29, 1.82) is 0 Å². The van der Waals surface area contributed by atoms with E-state index in [0.717, 1.165) is 25.9 Å². The minimum absolute atomic E-state index is 0.0570. The fourth-order valence-electron chi connectivity index (χ4n) is 3.13. The highest BCUT2D eigenvalue weighted by atomic mass is 19.1. The first kappa shape index (κ1) is 16.7. The molecule has 130 valence electrons. The number of nitrogens with one attached hydrogen (secondary N) is 2. The number of piperidine rings is 1. The summed E-state index contributed by atoms with van der Waals surface area (Å²) in [5.74, 6) is -0.594. The van der Waals surface area contributed by atoms with Crippen LogP contribution in [0.4, 0.5) is 14.9 Å². The lowest BCUT2D eigenvalue weighted by Crippen LogP contribution is -2.55. The van der Waals surface area contributed by atoms with Crippen LogP contribution in [0.2, 0.25) is 0 Å². The smallest absolute Gasteiger partial charge is 0.315 e. The van der Waals surface area contributed by atoms with Crippen molar-refractivity contribution in [3.05, 3.63) is 30.1 Å². The van der Waals surface area contributed by atoms with Gasteiger partial charge in [0.2, 0.25) is 5.91 Å². The zero-order valence-corrected chi connectivity index (χ0v) is 13.5. The number of anilines is 1. The summed E-state index contributed by atoms with van der Waals surface area (Å²) in [5, 5.41) is 5.47. The number of rotatable bonds is 4. The SMILES string of the molecule is O=C(NC[C@H]1CCCO1)N[C@@H]1CCCN(c2cccc(F)c2)C1=O. The van der Waals surface area contributed by atoms with Crippen molar-refractivity contribution in [1.82, 2.24) is 10.6 Å². The molecule has 0 bridgehead atoms. The highest BCUT2D eigenvalue weighted by molar-refractivity contribution is 5.99. The molecule has 3 amide bonds. The molecule has 2 atom stereocenters. The van der Waals surface area contributed by atoms with Gasteiger partial charge >= 0.3 is 6.03 Å². The number of hydrogen-bond donors (Lipinski definition) is 2. The molecule has 2 aliphatic heterocycles. The van der Waals surface area contributed by atoms with Crippen LogP contribution in [0.25, 0.3) is 0 Å². The summed E-state index contributed by atoms with van der Waals surface area (Å²) in [5.41, 5.74) is 0.520. The summed E-state index contributed by atoms with van der Waals surface area (Å²) in [6.45, 7) is 1.70. The normalized spacial score (nSPS) is 24.0. The van der Waals surface area contributed by atoms with Gasteiger partial charge in [0.15, 0.2) is 0 Å². The van der Waals surface area contributed by atoms with Gasteiger partial charge in [0.05, 0.1) is 6.10 Å². The van der Waals surface area contributed by atoms with E-state index in [1.165, 1.54) is 17.0 Å². The van der Waals surface area contributed by atoms with Crippen molar-refractivity contribution < 1.29 is 18.7 Å². The van der Waals surface area contributed by atoms with Gasteiger partial charge in [-0.3, -0.25) is 4.79 Å². The second-order valence-corrected chi connectivity index (χ2v) is 6.15. The van der Waals surface area contributed by atoms with Crippen molar-refractivity contribution in [3.8, 4) is 0 Å². The molecular weight excluding hydrogens is 313 g/mol. The monoisotopic (exact) mass is 335 g/mol. The summed E-state index contributed by atoms with van der Waals surface area (Å²) in [4.78, 5) is 26.1. The Hall–Kier alpha value is -2.15. The van der Waals surface area contributed by atoms with Gasteiger partial charge < -0.3 is 20.3 Å². The molecular formula is C17H22FN3O3. The Morgan fingerprint density at radius 2 is 2.21 bits per heavy atom. The largest absolute Gasteiger partial charge is 0.376 e. The number of nitrogens with zero attached hydrogens (tertiary/aromatic N) is 1. The number of amides is 3. The molecule has 0 unspecified atom stereocenters. The number of carbonyl (C=O) groups is 2. The van der Waals surface area contributed by atoms with Crippen LogP contribution in [0.15, 0.2) is 24.3 Å². The highest BCUT2D eigenvalue weighted by Crippen LogP contribution is 2.21. The summed E-state index contributed by atoms with van der Waals surface area (Å²) < 4.78 is 18.8. The molecule has 3 rings (SSSR count). The van der Waals surface area contributed by atoms with E-state index in [9.17, 15) is 14.0 Å². The molecule has 2 fully saturated rings. The lowest BCUT2D eigenvalue weighted by atomic mass is 10.0. The molecule has 1 aromatic rings. The number of carbonyl (C=O) groups excluding carboxylic acids is 2. The Bertz CT molecular complexity index is 604. The minimum atomic E-state index is -0.591. The average molecular weight is 335 g/mol. The van der Waals surface area contributed by atoms with E-state index in [2.05, 4.69) is 10.6 Å². The second kappa shape index (κ2) is 7.61. The van der Waals surface area contributed by atoms with E-state index in [1.807, 2.05) is 0 Å².